The summed E-state index contributed by atoms with van der Waals surface area (Å²) in [5.74, 6) is 0.802. The Morgan fingerprint density at radius 2 is 1.75 bits per heavy atom. The van der Waals surface area contributed by atoms with Crippen molar-refractivity contribution < 1.29 is 23.8 Å². The Bertz CT molecular complexity index is 592. The quantitative estimate of drug-likeness (QED) is 0.881. The lowest BCUT2D eigenvalue weighted by molar-refractivity contribution is -0.131. The molecule has 1 heterocycles. The minimum absolute atomic E-state index is 0.0618. The highest BCUT2D eigenvalue weighted by molar-refractivity contribution is 5.98. The molecule has 0 saturated carbocycles. The molecule has 1 aliphatic rings. The molecule has 0 aromatic heterocycles. The van der Waals surface area contributed by atoms with Crippen LogP contribution in [-0.4, -0.2) is 57.7 Å². The van der Waals surface area contributed by atoms with Crippen molar-refractivity contribution in [3.63, 3.8) is 0 Å². The summed E-state index contributed by atoms with van der Waals surface area (Å²) in [6.45, 7) is 0.718. The van der Waals surface area contributed by atoms with Gasteiger partial charge in [-0.15, -0.1) is 0 Å². The van der Waals surface area contributed by atoms with Gasteiger partial charge in [0.05, 0.1) is 21.3 Å². The Hall–Kier alpha value is -2.44. The third-order valence-electron chi connectivity index (χ3n) is 4.14. The number of carbonyl (C=O) groups excluding carboxylic acids is 2. The van der Waals surface area contributed by atoms with Crippen molar-refractivity contribution in [2.24, 2.45) is 0 Å². The highest BCUT2D eigenvalue weighted by Gasteiger charge is 2.27. The number of methoxy groups -OCH3 is 3. The van der Waals surface area contributed by atoms with Crippen LogP contribution in [0.2, 0.25) is 0 Å². The lowest BCUT2D eigenvalue weighted by Gasteiger charge is -2.21. The number of benzene rings is 1. The Morgan fingerprint density at radius 1 is 1.12 bits per heavy atom. The number of rotatable bonds is 5. The second-order valence-electron chi connectivity index (χ2n) is 5.70. The minimum Gasteiger partial charge on any atom is -0.493 e. The Kier molecular flexibility index (Phi) is 5.89. The maximum absolute atomic E-state index is 12.6. The molecule has 0 spiro atoms. The van der Waals surface area contributed by atoms with Crippen LogP contribution >= 0.6 is 0 Å². The maximum Gasteiger partial charge on any atom is 0.252 e. The first kappa shape index (κ1) is 17.9. The molecule has 1 atom stereocenters. The van der Waals surface area contributed by atoms with Crippen molar-refractivity contribution in [3.8, 4) is 17.2 Å². The number of ether oxygens (including phenoxy) is 3. The van der Waals surface area contributed by atoms with Crippen LogP contribution in [0.4, 0.5) is 0 Å². The predicted octanol–water partition coefficient (Wildman–Crippen LogP) is 1.45. The predicted molar refractivity (Wildman–Crippen MR) is 88.8 cm³/mol. The topological polar surface area (TPSA) is 77.1 Å². The van der Waals surface area contributed by atoms with Gasteiger partial charge >= 0.3 is 0 Å². The number of likely N-dealkylation sites (N-methyl/N-ethyl adjacent to an activating group) is 1. The van der Waals surface area contributed by atoms with E-state index in [-0.39, 0.29) is 11.8 Å². The van der Waals surface area contributed by atoms with Gasteiger partial charge in [-0.25, -0.2) is 0 Å². The average molecular weight is 336 g/mol. The lowest BCUT2D eigenvalue weighted by Crippen LogP contribution is -2.46. The number of carbonyl (C=O) groups is 2. The number of likely N-dealkylation sites (tertiary alicyclic amines) is 1. The summed E-state index contributed by atoms with van der Waals surface area (Å²) in [4.78, 5) is 26.5. The van der Waals surface area contributed by atoms with E-state index < -0.39 is 6.04 Å². The first-order chi connectivity index (χ1) is 11.5. The van der Waals surface area contributed by atoms with Gasteiger partial charge in [0.25, 0.3) is 5.91 Å². The third-order valence-corrected chi connectivity index (χ3v) is 4.14. The molecule has 1 fully saturated rings. The van der Waals surface area contributed by atoms with Crippen LogP contribution in [0.15, 0.2) is 12.1 Å². The molecule has 1 aliphatic heterocycles. The fourth-order valence-corrected chi connectivity index (χ4v) is 2.78. The van der Waals surface area contributed by atoms with Crippen molar-refractivity contribution >= 4 is 11.8 Å². The number of amides is 2. The standard InChI is InChI=1S/C17H24N2O5/c1-19-8-6-5-7-12(17(19)21)18-16(20)11-9-13(22-2)15(24-4)14(10-11)23-3/h9-10,12H,5-8H2,1-4H3,(H,18,20). The monoisotopic (exact) mass is 336 g/mol. The Balaban J connectivity index is 2.24. The van der Waals surface area contributed by atoms with Gasteiger partial charge in [-0.05, 0) is 31.4 Å². The Morgan fingerprint density at radius 3 is 2.29 bits per heavy atom. The molecule has 132 valence electrons. The van der Waals surface area contributed by atoms with Gasteiger partial charge in [0.1, 0.15) is 6.04 Å². The lowest BCUT2D eigenvalue weighted by atomic mass is 10.1. The van der Waals surface area contributed by atoms with Crippen LogP contribution in [0.3, 0.4) is 0 Å². The van der Waals surface area contributed by atoms with Crippen molar-refractivity contribution in [3.05, 3.63) is 17.7 Å². The van der Waals surface area contributed by atoms with Gasteiger partial charge < -0.3 is 24.4 Å². The molecule has 7 heteroatoms. The number of hydrogen-bond acceptors (Lipinski definition) is 5. The zero-order chi connectivity index (χ0) is 17.7. The van der Waals surface area contributed by atoms with E-state index in [2.05, 4.69) is 5.32 Å². The van der Waals surface area contributed by atoms with Gasteiger partial charge in [-0.3, -0.25) is 9.59 Å². The number of nitrogens with one attached hydrogen (secondary N) is 1. The molecule has 1 saturated heterocycles. The van der Waals surface area contributed by atoms with Crippen LogP contribution in [-0.2, 0) is 4.79 Å². The van der Waals surface area contributed by atoms with E-state index in [4.69, 9.17) is 14.2 Å². The Labute approximate surface area is 141 Å². The molecule has 0 bridgehead atoms. The van der Waals surface area contributed by atoms with Crippen LogP contribution < -0.4 is 19.5 Å². The zero-order valence-corrected chi connectivity index (χ0v) is 14.5. The second kappa shape index (κ2) is 7.90. The molecule has 0 aliphatic carbocycles. The summed E-state index contributed by atoms with van der Waals surface area (Å²) in [7, 11) is 6.23. The van der Waals surface area contributed by atoms with Crippen LogP contribution in [0.25, 0.3) is 0 Å². The van der Waals surface area contributed by atoms with E-state index in [9.17, 15) is 9.59 Å². The highest BCUT2D eigenvalue weighted by Crippen LogP contribution is 2.38. The van der Waals surface area contributed by atoms with Crippen molar-refractivity contribution in [2.45, 2.75) is 25.3 Å². The summed E-state index contributed by atoms with van der Waals surface area (Å²) in [6, 6.07) is 2.63. The largest absolute Gasteiger partial charge is 0.493 e. The molecule has 1 aromatic carbocycles. The van der Waals surface area contributed by atoms with Crippen molar-refractivity contribution in [1.29, 1.82) is 0 Å². The zero-order valence-electron chi connectivity index (χ0n) is 14.5. The fourth-order valence-electron chi connectivity index (χ4n) is 2.78. The molecule has 24 heavy (non-hydrogen) atoms. The van der Waals surface area contributed by atoms with Crippen molar-refractivity contribution in [1.82, 2.24) is 10.2 Å². The molecule has 1 aromatic rings. The normalized spacial score (nSPS) is 17.9. The van der Waals surface area contributed by atoms with Crippen molar-refractivity contribution in [2.75, 3.05) is 34.9 Å². The first-order valence-corrected chi connectivity index (χ1v) is 7.87. The van der Waals surface area contributed by atoms with Gasteiger partial charge in [0.2, 0.25) is 11.7 Å². The smallest absolute Gasteiger partial charge is 0.252 e. The third kappa shape index (κ3) is 3.72. The fraction of sp³-hybridized carbons (Fsp3) is 0.529. The highest BCUT2D eigenvalue weighted by atomic mass is 16.5. The van der Waals surface area contributed by atoms with E-state index in [0.717, 1.165) is 19.4 Å². The molecular weight excluding hydrogens is 312 g/mol. The van der Waals surface area contributed by atoms with E-state index >= 15 is 0 Å². The van der Waals surface area contributed by atoms with E-state index in [0.29, 0.717) is 29.2 Å². The molecule has 1 N–H and O–H groups in total. The summed E-state index contributed by atoms with van der Waals surface area (Å²) in [5.41, 5.74) is 0.351. The first-order valence-electron chi connectivity index (χ1n) is 7.87. The van der Waals surface area contributed by atoms with E-state index in [1.165, 1.54) is 21.3 Å². The van der Waals surface area contributed by atoms with E-state index in [1.54, 1.807) is 24.1 Å². The van der Waals surface area contributed by atoms with Crippen LogP contribution in [0.1, 0.15) is 29.6 Å². The summed E-state index contributed by atoms with van der Waals surface area (Å²) in [6.07, 6.45) is 2.48. The van der Waals surface area contributed by atoms with Crippen LogP contribution in [0.5, 0.6) is 17.2 Å². The molecule has 2 amide bonds. The van der Waals surface area contributed by atoms with E-state index in [1.807, 2.05) is 0 Å². The SMILES string of the molecule is COc1cc(C(=O)NC2CCCCN(C)C2=O)cc(OC)c1OC. The molecular formula is C17H24N2O5. The van der Waals surface area contributed by atoms with Gasteiger partial charge in [-0.1, -0.05) is 0 Å². The number of nitrogens with zero attached hydrogens (tertiary/aromatic N) is 1. The van der Waals surface area contributed by atoms with Gasteiger partial charge in [0.15, 0.2) is 11.5 Å². The molecule has 7 nitrogen and oxygen atoms in total. The van der Waals surface area contributed by atoms with Gasteiger partial charge in [0, 0.05) is 19.2 Å². The summed E-state index contributed by atoms with van der Waals surface area (Å²) in [5, 5.41) is 2.81. The van der Waals surface area contributed by atoms with Crippen LogP contribution in [0, 0.1) is 0 Å². The summed E-state index contributed by atoms with van der Waals surface area (Å²) >= 11 is 0. The van der Waals surface area contributed by atoms with Gasteiger partial charge in [-0.2, -0.15) is 0 Å². The minimum atomic E-state index is -0.510. The molecule has 2 rings (SSSR count). The maximum atomic E-state index is 12.6. The molecule has 1 unspecified atom stereocenters. The number of hydrogen-bond donors (Lipinski definition) is 1. The summed E-state index contributed by atoms with van der Waals surface area (Å²) < 4.78 is 15.8. The average Bonchev–Trinajstić information content (AvgIpc) is 2.75. The second-order valence-corrected chi connectivity index (χ2v) is 5.70. The molecule has 0 radical (unpaired) electrons.